The Morgan fingerprint density at radius 3 is 1.30 bits per heavy atom. The fourth-order valence-electron chi connectivity index (χ4n) is 1.67. The van der Waals surface area contributed by atoms with E-state index < -0.39 is 0 Å². The lowest BCUT2D eigenvalue weighted by molar-refractivity contribution is -0.131. The predicted molar refractivity (Wildman–Crippen MR) is 98.2 cm³/mol. The third kappa shape index (κ3) is 20.8. The third-order valence-corrected chi connectivity index (χ3v) is 2.87. The van der Waals surface area contributed by atoms with Crippen LogP contribution in [0.1, 0.15) is 0 Å². The molecule has 0 rings (SSSR count). The van der Waals surface area contributed by atoms with E-state index in [9.17, 15) is 9.59 Å². The largest absolute Gasteiger partial charge is 0.378 e. The average Bonchev–Trinajstić information content (AvgIpc) is 2.66. The van der Waals surface area contributed by atoms with E-state index in [0.29, 0.717) is 79.0 Å². The number of carbonyl (C=O) groups is 2. The van der Waals surface area contributed by atoms with Crippen LogP contribution in [0.25, 0.3) is 0 Å². The molecule has 6 N–H and O–H groups in total. The second-order valence-corrected chi connectivity index (χ2v) is 5.22. The maximum atomic E-state index is 11.5. The van der Waals surface area contributed by atoms with E-state index in [1.54, 1.807) is 0 Å². The van der Waals surface area contributed by atoms with E-state index >= 15 is 0 Å². The molecule has 0 saturated carbocycles. The Hall–Kier alpha value is -1.34. The first-order valence-electron chi connectivity index (χ1n) is 9.03. The second kappa shape index (κ2) is 21.0. The maximum Gasteiger partial charge on any atom is 0.246 e. The Bertz CT molecular complexity index is 330. The minimum atomic E-state index is -0.313. The van der Waals surface area contributed by atoms with Gasteiger partial charge in [0.05, 0.1) is 52.9 Å². The van der Waals surface area contributed by atoms with Crippen molar-refractivity contribution >= 4 is 11.8 Å². The summed E-state index contributed by atoms with van der Waals surface area (Å²) in [6.07, 6.45) is 0. The lowest BCUT2D eigenvalue weighted by Crippen LogP contribution is -2.34. The van der Waals surface area contributed by atoms with Gasteiger partial charge in [-0.15, -0.1) is 0 Å². The summed E-state index contributed by atoms with van der Waals surface area (Å²) in [5, 5.41) is 5.24. The standard InChI is InChI=1S/C16H34N4O7/c17-1-5-23-9-11-25-7-3-19-15(21)13-27-14-16(22)20-4-8-26-12-10-24-6-2-18/h1-14,17-18H2,(H,19,21)(H,20,22). The van der Waals surface area contributed by atoms with Crippen molar-refractivity contribution in [2.24, 2.45) is 11.5 Å². The fourth-order valence-corrected chi connectivity index (χ4v) is 1.67. The van der Waals surface area contributed by atoms with Crippen molar-refractivity contribution in [3.63, 3.8) is 0 Å². The summed E-state index contributed by atoms with van der Waals surface area (Å²) in [4.78, 5) is 23.0. The van der Waals surface area contributed by atoms with Crippen molar-refractivity contribution in [3.8, 4) is 0 Å². The van der Waals surface area contributed by atoms with Gasteiger partial charge in [0.1, 0.15) is 13.2 Å². The number of nitrogens with two attached hydrogens (primary N) is 2. The van der Waals surface area contributed by atoms with Crippen molar-refractivity contribution in [1.82, 2.24) is 10.6 Å². The fraction of sp³-hybridized carbons (Fsp3) is 0.875. The van der Waals surface area contributed by atoms with Gasteiger partial charge in [0.2, 0.25) is 11.8 Å². The molecule has 0 aliphatic rings. The average molecular weight is 394 g/mol. The highest BCUT2D eigenvalue weighted by molar-refractivity contribution is 5.79. The third-order valence-electron chi connectivity index (χ3n) is 2.87. The molecule has 0 unspecified atom stereocenters. The molecular formula is C16H34N4O7. The summed E-state index contributed by atoms with van der Waals surface area (Å²) in [7, 11) is 0. The molecule has 0 heterocycles. The van der Waals surface area contributed by atoms with Crippen LogP contribution in [0.5, 0.6) is 0 Å². The molecule has 11 nitrogen and oxygen atoms in total. The van der Waals surface area contributed by atoms with Crippen molar-refractivity contribution in [2.75, 3.05) is 92.2 Å². The molecule has 11 heteroatoms. The zero-order chi connectivity index (χ0) is 20.0. The predicted octanol–water partition coefficient (Wildman–Crippen LogP) is -2.78. The Balaban J connectivity index is 3.31. The second-order valence-electron chi connectivity index (χ2n) is 5.22. The van der Waals surface area contributed by atoms with Gasteiger partial charge in [-0.3, -0.25) is 9.59 Å². The number of ether oxygens (including phenoxy) is 5. The molecule has 0 aromatic rings. The number of hydrogen-bond donors (Lipinski definition) is 4. The van der Waals surface area contributed by atoms with Crippen LogP contribution in [0.3, 0.4) is 0 Å². The topological polar surface area (TPSA) is 156 Å². The molecule has 160 valence electrons. The number of carbonyl (C=O) groups excluding carboxylic acids is 2. The normalized spacial score (nSPS) is 10.7. The van der Waals surface area contributed by atoms with E-state index in [2.05, 4.69) is 10.6 Å². The highest BCUT2D eigenvalue weighted by Crippen LogP contribution is 1.81. The lowest BCUT2D eigenvalue weighted by Gasteiger charge is -2.08. The molecule has 0 aromatic carbocycles. The molecule has 0 aliphatic carbocycles. The van der Waals surface area contributed by atoms with Gasteiger partial charge in [0, 0.05) is 26.2 Å². The molecule has 0 atom stereocenters. The van der Waals surface area contributed by atoms with E-state index in [1.165, 1.54) is 0 Å². The number of amides is 2. The van der Waals surface area contributed by atoms with Crippen LogP contribution in [-0.4, -0.2) is 104 Å². The summed E-state index contributed by atoms with van der Waals surface area (Å²) in [6, 6.07) is 0. The van der Waals surface area contributed by atoms with Crippen LogP contribution in [0.15, 0.2) is 0 Å². The van der Waals surface area contributed by atoms with Crippen molar-refractivity contribution < 1.29 is 33.3 Å². The maximum absolute atomic E-state index is 11.5. The Morgan fingerprint density at radius 2 is 0.926 bits per heavy atom. The van der Waals surface area contributed by atoms with Gasteiger partial charge < -0.3 is 45.8 Å². The SMILES string of the molecule is NCCOCCOCCNC(=O)COCC(=O)NCCOCCOCCN. The zero-order valence-electron chi connectivity index (χ0n) is 15.9. The van der Waals surface area contributed by atoms with Crippen LogP contribution < -0.4 is 22.1 Å². The van der Waals surface area contributed by atoms with E-state index in [-0.39, 0.29) is 25.0 Å². The van der Waals surface area contributed by atoms with Crippen LogP contribution in [0.2, 0.25) is 0 Å². The Kier molecular flexibility index (Phi) is 19.9. The smallest absolute Gasteiger partial charge is 0.246 e. The summed E-state index contributed by atoms with van der Waals surface area (Å²) in [5.41, 5.74) is 10.5. The summed E-state index contributed by atoms with van der Waals surface area (Å²) in [6.45, 7) is 4.86. The van der Waals surface area contributed by atoms with Crippen LogP contribution in [0, 0.1) is 0 Å². The molecule has 0 fully saturated rings. The minimum absolute atomic E-state index is 0.192. The zero-order valence-corrected chi connectivity index (χ0v) is 15.9. The van der Waals surface area contributed by atoms with Crippen LogP contribution >= 0.6 is 0 Å². The Labute approximate surface area is 160 Å². The molecule has 0 spiro atoms. The Morgan fingerprint density at radius 1 is 0.556 bits per heavy atom. The highest BCUT2D eigenvalue weighted by Gasteiger charge is 2.04. The van der Waals surface area contributed by atoms with Gasteiger partial charge in [-0.25, -0.2) is 0 Å². The van der Waals surface area contributed by atoms with E-state index in [4.69, 9.17) is 35.2 Å². The first-order valence-corrected chi connectivity index (χ1v) is 9.03. The van der Waals surface area contributed by atoms with Gasteiger partial charge in [-0.1, -0.05) is 0 Å². The molecule has 0 bridgehead atoms. The van der Waals surface area contributed by atoms with Gasteiger partial charge in [-0.2, -0.15) is 0 Å². The molecule has 0 radical (unpaired) electrons. The quantitative estimate of drug-likeness (QED) is 0.160. The van der Waals surface area contributed by atoms with Gasteiger partial charge in [0.15, 0.2) is 0 Å². The van der Waals surface area contributed by atoms with Gasteiger partial charge in [-0.05, 0) is 0 Å². The molecular weight excluding hydrogens is 360 g/mol. The van der Waals surface area contributed by atoms with Crippen LogP contribution in [-0.2, 0) is 33.3 Å². The van der Waals surface area contributed by atoms with Crippen molar-refractivity contribution in [2.45, 2.75) is 0 Å². The van der Waals surface area contributed by atoms with Gasteiger partial charge >= 0.3 is 0 Å². The minimum Gasteiger partial charge on any atom is -0.378 e. The first-order chi connectivity index (χ1) is 13.2. The first kappa shape index (κ1) is 25.7. The number of rotatable bonds is 20. The summed E-state index contributed by atoms with van der Waals surface area (Å²) in [5.74, 6) is -0.627. The highest BCUT2D eigenvalue weighted by atomic mass is 16.5. The van der Waals surface area contributed by atoms with Gasteiger partial charge in [0.25, 0.3) is 0 Å². The molecule has 0 aliphatic heterocycles. The summed E-state index contributed by atoms with van der Waals surface area (Å²) < 4.78 is 25.8. The molecule has 2 amide bonds. The molecule has 0 aromatic heterocycles. The molecule has 27 heavy (non-hydrogen) atoms. The molecule has 0 saturated heterocycles. The van der Waals surface area contributed by atoms with E-state index in [0.717, 1.165) is 0 Å². The summed E-state index contributed by atoms with van der Waals surface area (Å²) >= 11 is 0. The number of hydrogen-bond acceptors (Lipinski definition) is 9. The van der Waals surface area contributed by atoms with E-state index in [1.807, 2.05) is 0 Å². The van der Waals surface area contributed by atoms with Crippen molar-refractivity contribution in [1.29, 1.82) is 0 Å². The number of nitrogens with one attached hydrogen (secondary N) is 2. The monoisotopic (exact) mass is 394 g/mol. The van der Waals surface area contributed by atoms with Crippen molar-refractivity contribution in [3.05, 3.63) is 0 Å². The van der Waals surface area contributed by atoms with Crippen LogP contribution in [0.4, 0.5) is 0 Å². The lowest BCUT2D eigenvalue weighted by atomic mass is 10.5.